The molecule has 3 heteroatoms. The minimum Gasteiger partial charge on any atom is -0.398 e. The maximum atomic E-state index is 6.03. The smallest absolute Gasteiger partial charge is 0.0456 e. The molecule has 0 heterocycles. The summed E-state index contributed by atoms with van der Waals surface area (Å²) in [6.07, 6.45) is 0. The van der Waals surface area contributed by atoms with Crippen molar-refractivity contribution in [2.24, 2.45) is 0 Å². The number of nitrogen functional groups attached to an aromatic ring is 1. The summed E-state index contributed by atoms with van der Waals surface area (Å²) in [6, 6.07) is 11.8. The van der Waals surface area contributed by atoms with Gasteiger partial charge >= 0.3 is 0 Å². The van der Waals surface area contributed by atoms with Gasteiger partial charge in [-0.1, -0.05) is 29.8 Å². The van der Waals surface area contributed by atoms with E-state index >= 15 is 0 Å². The molecule has 2 rings (SSSR count). The van der Waals surface area contributed by atoms with Crippen LogP contribution in [-0.2, 0) is 0 Å². The van der Waals surface area contributed by atoms with E-state index in [9.17, 15) is 0 Å². The second kappa shape index (κ2) is 4.63. The molecule has 0 atom stereocenters. The van der Waals surface area contributed by atoms with Crippen molar-refractivity contribution in [3.8, 4) is 11.1 Å². The van der Waals surface area contributed by atoms with Gasteiger partial charge in [-0.15, -0.1) is 0 Å². The molecule has 0 fully saturated rings. The molecular formula is C13H11ClIN. The molecule has 0 aliphatic carbocycles. The molecule has 2 aromatic carbocycles. The van der Waals surface area contributed by atoms with E-state index in [-0.39, 0.29) is 0 Å². The van der Waals surface area contributed by atoms with Gasteiger partial charge in [0.25, 0.3) is 0 Å². The third-order valence-electron chi connectivity index (χ3n) is 2.52. The van der Waals surface area contributed by atoms with E-state index in [1.165, 1.54) is 5.56 Å². The van der Waals surface area contributed by atoms with E-state index in [0.717, 1.165) is 25.4 Å². The molecule has 2 aromatic rings. The second-order valence-electron chi connectivity index (χ2n) is 3.67. The summed E-state index contributed by atoms with van der Waals surface area (Å²) >= 11 is 8.29. The van der Waals surface area contributed by atoms with Gasteiger partial charge in [0.2, 0.25) is 0 Å². The van der Waals surface area contributed by atoms with Crippen molar-refractivity contribution in [2.45, 2.75) is 6.92 Å². The third kappa shape index (κ3) is 2.18. The van der Waals surface area contributed by atoms with Crippen LogP contribution in [0.4, 0.5) is 5.69 Å². The van der Waals surface area contributed by atoms with E-state index in [4.69, 9.17) is 17.3 Å². The molecule has 0 saturated heterocycles. The van der Waals surface area contributed by atoms with E-state index in [1.807, 2.05) is 30.3 Å². The molecule has 0 unspecified atom stereocenters. The SMILES string of the molecule is Cc1ccc(Cl)cc1-c1cccc(N)c1I. The van der Waals surface area contributed by atoms with Gasteiger partial charge in [0.15, 0.2) is 0 Å². The fourth-order valence-corrected chi connectivity index (χ4v) is 2.46. The Morgan fingerprint density at radius 1 is 1.12 bits per heavy atom. The number of benzene rings is 2. The minimum absolute atomic E-state index is 0.749. The molecule has 1 nitrogen and oxygen atoms in total. The van der Waals surface area contributed by atoms with E-state index in [0.29, 0.717) is 0 Å². The highest BCUT2D eigenvalue weighted by molar-refractivity contribution is 14.1. The zero-order valence-corrected chi connectivity index (χ0v) is 11.7. The predicted molar refractivity (Wildman–Crippen MR) is 78.8 cm³/mol. The number of halogens is 2. The Labute approximate surface area is 114 Å². The molecular weight excluding hydrogens is 333 g/mol. The van der Waals surface area contributed by atoms with Gasteiger partial charge in [-0.2, -0.15) is 0 Å². The first-order valence-electron chi connectivity index (χ1n) is 4.90. The summed E-state index contributed by atoms with van der Waals surface area (Å²) in [5.41, 5.74) is 10.2. The second-order valence-corrected chi connectivity index (χ2v) is 5.18. The molecule has 0 spiro atoms. The number of rotatable bonds is 1. The van der Waals surface area contributed by atoms with Crippen molar-refractivity contribution >= 4 is 39.9 Å². The lowest BCUT2D eigenvalue weighted by Gasteiger charge is -2.10. The molecule has 0 radical (unpaired) electrons. The lowest BCUT2D eigenvalue weighted by molar-refractivity contribution is 1.45. The number of anilines is 1. The Balaban J connectivity index is 2.67. The number of hydrogen-bond acceptors (Lipinski definition) is 1. The Kier molecular flexibility index (Phi) is 3.40. The van der Waals surface area contributed by atoms with Crippen LogP contribution in [0.15, 0.2) is 36.4 Å². The topological polar surface area (TPSA) is 26.0 Å². The van der Waals surface area contributed by atoms with Crippen LogP contribution in [0.1, 0.15) is 5.56 Å². The molecule has 2 N–H and O–H groups in total. The standard InChI is InChI=1S/C13H11ClIN/c1-8-5-6-9(14)7-11(8)10-3-2-4-12(16)13(10)15/h2-7H,16H2,1H3. The molecule has 82 valence electrons. The van der Waals surface area contributed by atoms with Crippen molar-refractivity contribution in [2.75, 3.05) is 5.73 Å². The average molecular weight is 344 g/mol. The lowest BCUT2D eigenvalue weighted by atomic mass is 10.0. The van der Waals surface area contributed by atoms with Crippen molar-refractivity contribution in [1.29, 1.82) is 0 Å². The third-order valence-corrected chi connectivity index (χ3v) is 3.96. The van der Waals surface area contributed by atoms with Crippen LogP contribution >= 0.6 is 34.2 Å². The normalized spacial score (nSPS) is 10.4. The highest BCUT2D eigenvalue weighted by Gasteiger charge is 2.08. The van der Waals surface area contributed by atoms with Gasteiger partial charge in [-0.05, 0) is 64.4 Å². The first-order chi connectivity index (χ1) is 7.59. The summed E-state index contributed by atoms with van der Waals surface area (Å²) in [4.78, 5) is 0. The number of hydrogen-bond donors (Lipinski definition) is 1. The van der Waals surface area contributed by atoms with Gasteiger partial charge in [0.1, 0.15) is 0 Å². The quantitative estimate of drug-likeness (QED) is 0.599. The van der Waals surface area contributed by atoms with Crippen LogP contribution in [0.3, 0.4) is 0 Å². The Morgan fingerprint density at radius 3 is 2.62 bits per heavy atom. The van der Waals surface area contributed by atoms with Crippen LogP contribution in [-0.4, -0.2) is 0 Å². The number of aryl methyl sites for hydroxylation is 1. The maximum Gasteiger partial charge on any atom is 0.0456 e. The van der Waals surface area contributed by atoms with E-state index < -0.39 is 0 Å². The van der Waals surface area contributed by atoms with Crippen molar-refractivity contribution in [3.63, 3.8) is 0 Å². The molecule has 16 heavy (non-hydrogen) atoms. The largest absolute Gasteiger partial charge is 0.398 e. The lowest BCUT2D eigenvalue weighted by Crippen LogP contribution is -1.93. The molecule has 0 aliphatic rings. The fourth-order valence-electron chi connectivity index (χ4n) is 1.64. The van der Waals surface area contributed by atoms with Crippen LogP contribution in [0.25, 0.3) is 11.1 Å². The van der Waals surface area contributed by atoms with Gasteiger partial charge in [-0.3, -0.25) is 0 Å². The van der Waals surface area contributed by atoms with E-state index in [1.54, 1.807) is 0 Å². The molecule has 0 aromatic heterocycles. The van der Waals surface area contributed by atoms with Crippen molar-refractivity contribution in [3.05, 3.63) is 50.6 Å². The summed E-state index contributed by atoms with van der Waals surface area (Å²) < 4.78 is 1.07. The number of nitrogens with two attached hydrogens (primary N) is 1. The Hall–Kier alpha value is -0.740. The van der Waals surface area contributed by atoms with Crippen LogP contribution in [0.5, 0.6) is 0 Å². The summed E-state index contributed by atoms with van der Waals surface area (Å²) in [7, 11) is 0. The van der Waals surface area contributed by atoms with Gasteiger partial charge in [0.05, 0.1) is 0 Å². The summed E-state index contributed by atoms with van der Waals surface area (Å²) in [5.74, 6) is 0. The highest BCUT2D eigenvalue weighted by atomic mass is 127. The molecule has 0 bridgehead atoms. The van der Waals surface area contributed by atoms with Gasteiger partial charge in [0, 0.05) is 14.3 Å². The summed E-state index contributed by atoms with van der Waals surface area (Å²) in [5, 5.41) is 0.749. The van der Waals surface area contributed by atoms with Gasteiger partial charge in [-0.25, -0.2) is 0 Å². The van der Waals surface area contributed by atoms with Crippen LogP contribution < -0.4 is 5.73 Å². The zero-order chi connectivity index (χ0) is 11.7. The maximum absolute atomic E-state index is 6.03. The zero-order valence-electron chi connectivity index (χ0n) is 8.80. The summed E-state index contributed by atoms with van der Waals surface area (Å²) in [6.45, 7) is 2.07. The highest BCUT2D eigenvalue weighted by Crippen LogP contribution is 2.32. The van der Waals surface area contributed by atoms with Crippen LogP contribution in [0.2, 0.25) is 5.02 Å². The first-order valence-corrected chi connectivity index (χ1v) is 6.36. The van der Waals surface area contributed by atoms with E-state index in [2.05, 4.69) is 35.6 Å². The average Bonchev–Trinajstić information content (AvgIpc) is 2.26. The minimum atomic E-state index is 0.749. The molecule has 0 saturated carbocycles. The molecule has 0 aliphatic heterocycles. The van der Waals surface area contributed by atoms with Crippen molar-refractivity contribution in [1.82, 2.24) is 0 Å². The molecule has 0 amide bonds. The van der Waals surface area contributed by atoms with Gasteiger partial charge < -0.3 is 5.73 Å². The first kappa shape index (κ1) is 11.7. The monoisotopic (exact) mass is 343 g/mol. The van der Waals surface area contributed by atoms with Crippen molar-refractivity contribution < 1.29 is 0 Å². The fraction of sp³-hybridized carbons (Fsp3) is 0.0769. The predicted octanol–water partition coefficient (Wildman–Crippen LogP) is 4.50. The Bertz CT molecular complexity index is 537. The van der Waals surface area contributed by atoms with Crippen LogP contribution in [0, 0.1) is 10.5 Å². The Morgan fingerprint density at radius 2 is 1.88 bits per heavy atom.